The van der Waals surface area contributed by atoms with E-state index in [2.05, 4.69) is 21.8 Å². The first-order valence-corrected chi connectivity index (χ1v) is 3.42. The van der Waals surface area contributed by atoms with E-state index in [1.807, 2.05) is 6.07 Å². The first kappa shape index (κ1) is 6.78. The third-order valence-electron chi connectivity index (χ3n) is 1.45. The van der Waals surface area contributed by atoms with E-state index in [0.717, 1.165) is 0 Å². The van der Waals surface area contributed by atoms with Crippen molar-refractivity contribution in [2.75, 3.05) is 0 Å². The maximum Gasteiger partial charge on any atom is 0.149 e. The Balaban J connectivity index is 2.34. The fourth-order valence-corrected chi connectivity index (χ4v) is 0.868. The van der Waals surface area contributed by atoms with Crippen LogP contribution in [0.25, 0.3) is 0 Å². The monoisotopic (exact) mass is 161 g/mol. The van der Waals surface area contributed by atoms with Gasteiger partial charge in [-0.2, -0.15) is 10.2 Å². The highest BCUT2D eigenvalue weighted by Gasteiger charge is 1.98. The van der Waals surface area contributed by atoms with E-state index in [1.54, 1.807) is 28.1 Å². The van der Waals surface area contributed by atoms with Crippen LogP contribution in [-0.2, 0) is 0 Å². The van der Waals surface area contributed by atoms with Crippen LogP contribution in [0.1, 0.15) is 0 Å². The second-order valence-corrected chi connectivity index (χ2v) is 2.21. The first-order chi connectivity index (χ1) is 5.88. The molecule has 60 valence electrons. The van der Waals surface area contributed by atoms with E-state index in [4.69, 9.17) is 0 Å². The third-order valence-corrected chi connectivity index (χ3v) is 1.45. The van der Waals surface area contributed by atoms with Crippen LogP contribution >= 0.6 is 0 Å². The maximum absolute atomic E-state index is 4.00. The normalized spacial score (nSPS) is 10.0. The van der Waals surface area contributed by atoms with E-state index < -0.39 is 0 Å². The van der Waals surface area contributed by atoms with Crippen LogP contribution in [0.5, 0.6) is 0 Å². The van der Waals surface area contributed by atoms with Crippen molar-refractivity contribution in [1.82, 2.24) is 24.5 Å². The lowest BCUT2D eigenvalue weighted by Gasteiger charge is -2.02. The van der Waals surface area contributed by atoms with Crippen molar-refractivity contribution in [1.29, 1.82) is 0 Å². The molecule has 0 saturated heterocycles. The Labute approximate surface area is 69.0 Å². The Kier molecular flexibility index (Phi) is 1.48. The smallest absolute Gasteiger partial charge is 0.149 e. The molecule has 0 saturated carbocycles. The van der Waals surface area contributed by atoms with E-state index in [1.165, 1.54) is 6.33 Å². The summed E-state index contributed by atoms with van der Waals surface area (Å²) in [7, 11) is 0. The Morgan fingerprint density at radius 1 is 1.25 bits per heavy atom. The predicted molar refractivity (Wildman–Crippen MR) is 41.9 cm³/mol. The van der Waals surface area contributed by atoms with Crippen LogP contribution in [-0.4, -0.2) is 24.5 Å². The Hall–Kier alpha value is -1.91. The van der Waals surface area contributed by atoms with Gasteiger partial charge in [-0.1, -0.05) is 6.58 Å². The zero-order valence-corrected chi connectivity index (χ0v) is 6.33. The summed E-state index contributed by atoms with van der Waals surface area (Å²) in [5, 5.41) is 7.92. The second-order valence-electron chi connectivity index (χ2n) is 2.21. The number of hydrogen-bond donors (Lipinski definition) is 0. The van der Waals surface area contributed by atoms with Crippen molar-refractivity contribution in [3.05, 3.63) is 43.5 Å². The summed E-state index contributed by atoms with van der Waals surface area (Å²) < 4.78 is 3.17. The highest BCUT2D eigenvalue weighted by atomic mass is 15.4. The molecule has 2 aromatic heterocycles. The van der Waals surface area contributed by atoms with Gasteiger partial charge in [0.2, 0.25) is 0 Å². The average molecular weight is 161 g/mol. The zero-order valence-electron chi connectivity index (χ0n) is 6.33. The summed E-state index contributed by atoms with van der Waals surface area (Å²) in [5.74, 6) is 0.650. The van der Waals surface area contributed by atoms with Crippen molar-refractivity contribution in [2.24, 2.45) is 0 Å². The molecule has 0 amide bonds. The molecule has 12 heavy (non-hydrogen) atoms. The quantitative estimate of drug-likeness (QED) is 0.635. The Morgan fingerprint density at radius 2 is 2.17 bits per heavy atom. The second kappa shape index (κ2) is 2.61. The molecule has 2 aromatic rings. The molecule has 0 radical (unpaired) electrons. The van der Waals surface area contributed by atoms with Crippen LogP contribution in [0.2, 0.25) is 0 Å². The van der Waals surface area contributed by atoms with Gasteiger partial charge in [-0.15, -0.1) is 0 Å². The van der Waals surface area contributed by atoms with E-state index in [-0.39, 0.29) is 0 Å². The predicted octanol–water partition coefficient (Wildman–Crippen LogP) is 0.268. The van der Waals surface area contributed by atoms with Crippen LogP contribution in [0, 0.1) is 5.82 Å². The van der Waals surface area contributed by atoms with Gasteiger partial charge in [-0.05, 0) is 6.07 Å². The molecule has 2 heterocycles. The zero-order chi connectivity index (χ0) is 8.39. The van der Waals surface area contributed by atoms with Gasteiger partial charge in [-0.25, -0.2) is 14.3 Å². The van der Waals surface area contributed by atoms with Gasteiger partial charge in [0.15, 0.2) is 0 Å². The van der Waals surface area contributed by atoms with Crippen molar-refractivity contribution < 1.29 is 0 Å². The third kappa shape index (κ3) is 1.01. The van der Waals surface area contributed by atoms with E-state index in [9.17, 15) is 0 Å². The Morgan fingerprint density at radius 3 is 2.75 bits per heavy atom. The summed E-state index contributed by atoms with van der Waals surface area (Å²) in [6.45, 7) is 3.80. The molecule has 0 bridgehead atoms. The first-order valence-electron chi connectivity index (χ1n) is 3.42. The molecule has 0 fully saturated rings. The summed E-state index contributed by atoms with van der Waals surface area (Å²) in [5.41, 5.74) is 0. The average Bonchev–Trinajstić information content (AvgIpc) is 2.77. The van der Waals surface area contributed by atoms with Crippen LogP contribution in [0.4, 0.5) is 0 Å². The van der Waals surface area contributed by atoms with Gasteiger partial charge in [0.1, 0.15) is 18.5 Å². The SMILES string of the molecule is C=C(n1cccn1)n1cncn1. The highest BCUT2D eigenvalue weighted by Crippen LogP contribution is 1.94. The van der Waals surface area contributed by atoms with Crippen LogP contribution in [0.15, 0.2) is 37.7 Å². The molecule has 0 aliphatic rings. The minimum absolute atomic E-state index is 0.650. The summed E-state index contributed by atoms with van der Waals surface area (Å²) in [4.78, 5) is 3.80. The lowest BCUT2D eigenvalue weighted by molar-refractivity contribution is 0.630. The number of nitrogens with zero attached hydrogens (tertiary/aromatic N) is 5. The van der Waals surface area contributed by atoms with Gasteiger partial charge in [-0.3, -0.25) is 0 Å². The van der Waals surface area contributed by atoms with Gasteiger partial charge in [0.05, 0.1) is 0 Å². The molecule has 2 rings (SSSR count). The number of rotatable bonds is 2. The van der Waals surface area contributed by atoms with Crippen molar-refractivity contribution in [3.8, 4) is 0 Å². The molecule has 5 heteroatoms. The van der Waals surface area contributed by atoms with Gasteiger partial charge < -0.3 is 0 Å². The standard InChI is InChI=1S/C7H7N5/c1-7(11-4-2-3-9-11)12-6-8-5-10-12/h2-6H,1H2. The van der Waals surface area contributed by atoms with Crippen molar-refractivity contribution >= 4 is 0 Å². The van der Waals surface area contributed by atoms with Gasteiger partial charge in [0.25, 0.3) is 0 Å². The molecule has 0 aromatic carbocycles. The van der Waals surface area contributed by atoms with E-state index in [0.29, 0.717) is 5.82 Å². The molecular weight excluding hydrogens is 154 g/mol. The summed E-state index contributed by atoms with van der Waals surface area (Å²) in [6.07, 6.45) is 6.50. The maximum atomic E-state index is 4.00. The molecular formula is C7H7N5. The minimum Gasteiger partial charge on any atom is -0.223 e. The lowest BCUT2D eigenvalue weighted by atomic mass is 10.7. The number of aromatic nitrogens is 5. The number of hydrogen-bond acceptors (Lipinski definition) is 3. The van der Waals surface area contributed by atoms with Crippen molar-refractivity contribution in [2.45, 2.75) is 0 Å². The molecule has 0 aliphatic carbocycles. The minimum atomic E-state index is 0.650. The molecule has 0 unspecified atom stereocenters. The van der Waals surface area contributed by atoms with Gasteiger partial charge >= 0.3 is 0 Å². The molecule has 5 nitrogen and oxygen atoms in total. The molecule has 0 N–H and O–H groups in total. The fourth-order valence-electron chi connectivity index (χ4n) is 0.868. The fraction of sp³-hybridized carbons (Fsp3) is 0. The van der Waals surface area contributed by atoms with Crippen LogP contribution in [0.3, 0.4) is 0 Å². The highest BCUT2D eigenvalue weighted by molar-refractivity contribution is 4.90. The Bertz CT molecular complexity index is 322. The molecule has 0 spiro atoms. The molecule has 0 aliphatic heterocycles. The van der Waals surface area contributed by atoms with Crippen molar-refractivity contribution in [3.63, 3.8) is 0 Å². The summed E-state index contributed by atoms with van der Waals surface area (Å²) in [6, 6.07) is 1.82. The van der Waals surface area contributed by atoms with E-state index >= 15 is 0 Å². The lowest BCUT2D eigenvalue weighted by Crippen LogP contribution is -2.10. The topological polar surface area (TPSA) is 48.5 Å². The molecule has 0 atom stereocenters. The van der Waals surface area contributed by atoms with Gasteiger partial charge in [0, 0.05) is 12.4 Å². The van der Waals surface area contributed by atoms with Crippen LogP contribution < -0.4 is 0 Å². The largest absolute Gasteiger partial charge is 0.223 e. The summed E-state index contributed by atoms with van der Waals surface area (Å²) >= 11 is 0.